The first kappa shape index (κ1) is 22.3. The lowest BCUT2D eigenvalue weighted by molar-refractivity contribution is -0.132. The van der Waals surface area contributed by atoms with E-state index in [0.29, 0.717) is 17.0 Å². The van der Waals surface area contributed by atoms with Crippen LogP contribution in [0.25, 0.3) is 5.76 Å². The van der Waals surface area contributed by atoms with Crippen molar-refractivity contribution < 1.29 is 19.4 Å². The summed E-state index contributed by atoms with van der Waals surface area (Å²) < 4.78 is 5.79. The molecule has 0 bridgehead atoms. The Morgan fingerprint density at radius 3 is 2.30 bits per heavy atom. The summed E-state index contributed by atoms with van der Waals surface area (Å²) in [7, 11) is 0. The summed E-state index contributed by atoms with van der Waals surface area (Å²) in [6.45, 7) is 7.73. The number of ketones is 1. The SMILES string of the molecule is Cc1cccc(C2/C(=C(/O)c3ccc(OC(C)C)c(C)c3)C(=O)C(=O)N2c2ccccc2)c1. The number of aryl methyl sites for hydroxylation is 2. The van der Waals surface area contributed by atoms with Crippen LogP contribution in [0.5, 0.6) is 5.75 Å². The van der Waals surface area contributed by atoms with Crippen LogP contribution >= 0.6 is 0 Å². The zero-order valence-electron chi connectivity index (χ0n) is 19.2. The van der Waals surface area contributed by atoms with Gasteiger partial charge in [0.2, 0.25) is 0 Å². The molecule has 3 aromatic rings. The van der Waals surface area contributed by atoms with Gasteiger partial charge in [0.25, 0.3) is 11.7 Å². The van der Waals surface area contributed by atoms with Crippen LogP contribution in [-0.2, 0) is 9.59 Å². The number of para-hydroxylation sites is 1. The summed E-state index contributed by atoms with van der Waals surface area (Å²) in [6, 6.07) is 21.2. The summed E-state index contributed by atoms with van der Waals surface area (Å²) in [5, 5.41) is 11.3. The van der Waals surface area contributed by atoms with E-state index in [2.05, 4.69) is 0 Å². The van der Waals surface area contributed by atoms with E-state index in [1.807, 2.05) is 70.2 Å². The summed E-state index contributed by atoms with van der Waals surface area (Å²) in [4.78, 5) is 27.9. The average molecular weight is 442 g/mol. The fourth-order valence-electron chi connectivity index (χ4n) is 4.18. The van der Waals surface area contributed by atoms with E-state index in [1.165, 1.54) is 4.90 Å². The van der Waals surface area contributed by atoms with Crippen LogP contribution in [0.3, 0.4) is 0 Å². The van der Waals surface area contributed by atoms with Crippen LogP contribution in [0.4, 0.5) is 5.69 Å². The fraction of sp³-hybridized carbons (Fsp3) is 0.214. The van der Waals surface area contributed by atoms with Gasteiger partial charge >= 0.3 is 0 Å². The minimum absolute atomic E-state index is 0.0145. The zero-order chi connectivity index (χ0) is 23.7. The van der Waals surface area contributed by atoms with E-state index in [0.717, 1.165) is 16.7 Å². The second-order valence-electron chi connectivity index (χ2n) is 8.57. The molecule has 0 aromatic heterocycles. The van der Waals surface area contributed by atoms with Gasteiger partial charge in [-0.05, 0) is 69.2 Å². The van der Waals surface area contributed by atoms with Gasteiger partial charge in [-0.2, -0.15) is 0 Å². The van der Waals surface area contributed by atoms with Gasteiger partial charge in [-0.1, -0.05) is 48.0 Å². The van der Waals surface area contributed by atoms with Crippen LogP contribution in [0.2, 0.25) is 0 Å². The van der Waals surface area contributed by atoms with Crippen LogP contribution in [0.15, 0.2) is 78.4 Å². The van der Waals surface area contributed by atoms with E-state index < -0.39 is 17.7 Å². The van der Waals surface area contributed by atoms with Crippen LogP contribution < -0.4 is 9.64 Å². The van der Waals surface area contributed by atoms with E-state index in [9.17, 15) is 14.7 Å². The highest BCUT2D eigenvalue weighted by Crippen LogP contribution is 2.42. The lowest BCUT2D eigenvalue weighted by Gasteiger charge is -2.25. The number of anilines is 1. The number of ether oxygens (including phenoxy) is 1. The highest BCUT2D eigenvalue weighted by Gasteiger charge is 2.46. The molecule has 0 aliphatic carbocycles. The fourth-order valence-corrected chi connectivity index (χ4v) is 4.18. The van der Waals surface area contributed by atoms with Crippen molar-refractivity contribution in [2.45, 2.75) is 39.8 Å². The third kappa shape index (κ3) is 4.27. The standard InChI is InChI=1S/C28H27NO4/c1-17(2)33-23-14-13-21(16-19(23)4)26(30)24-25(20-10-8-9-18(3)15-20)29(28(32)27(24)31)22-11-6-5-7-12-22/h5-17,25,30H,1-4H3/b26-24-. The Labute approximate surface area is 193 Å². The van der Waals surface area contributed by atoms with Gasteiger partial charge in [-0.3, -0.25) is 14.5 Å². The first-order chi connectivity index (χ1) is 15.8. The van der Waals surface area contributed by atoms with Crippen molar-refractivity contribution in [2.75, 3.05) is 4.90 Å². The quantitative estimate of drug-likeness (QED) is 0.313. The molecule has 168 valence electrons. The molecule has 5 nitrogen and oxygen atoms in total. The molecule has 0 spiro atoms. The smallest absolute Gasteiger partial charge is 0.300 e. The number of nitrogens with zero attached hydrogens (tertiary/aromatic N) is 1. The molecule has 1 atom stereocenters. The molecular weight excluding hydrogens is 414 g/mol. The minimum atomic E-state index is -0.737. The number of aliphatic hydroxyl groups excluding tert-OH is 1. The Bertz CT molecular complexity index is 1240. The van der Waals surface area contributed by atoms with Crippen LogP contribution in [0.1, 0.15) is 42.1 Å². The summed E-state index contributed by atoms with van der Waals surface area (Å²) in [5.41, 5.74) is 3.73. The summed E-state index contributed by atoms with van der Waals surface area (Å²) in [6.07, 6.45) is 0.0145. The molecule has 1 N–H and O–H groups in total. The Morgan fingerprint density at radius 2 is 1.67 bits per heavy atom. The first-order valence-corrected chi connectivity index (χ1v) is 11.0. The third-order valence-corrected chi connectivity index (χ3v) is 5.65. The van der Waals surface area contributed by atoms with Crippen molar-refractivity contribution in [3.63, 3.8) is 0 Å². The Kier molecular flexibility index (Phi) is 6.05. The van der Waals surface area contributed by atoms with Gasteiger partial charge in [-0.25, -0.2) is 0 Å². The van der Waals surface area contributed by atoms with Crippen LogP contribution in [-0.4, -0.2) is 22.9 Å². The molecule has 1 amide bonds. The highest BCUT2D eigenvalue weighted by atomic mass is 16.5. The molecule has 1 unspecified atom stereocenters. The van der Waals surface area contributed by atoms with Gasteiger partial charge in [-0.15, -0.1) is 0 Å². The van der Waals surface area contributed by atoms with E-state index in [4.69, 9.17) is 4.74 Å². The number of aliphatic hydroxyl groups is 1. The maximum atomic E-state index is 13.2. The van der Waals surface area contributed by atoms with Gasteiger partial charge in [0, 0.05) is 11.3 Å². The molecule has 1 saturated heterocycles. The minimum Gasteiger partial charge on any atom is -0.507 e. The van der Waals surface area contributed by atoms with Gasteiger partial charge in [0.15, 0.2) is 0 Å². The molecule has 33 heavy (non-hydrogen) atoms. The maximum absolute atomic E-state index is 13.2. The molecule has 4 rings (SSSR count). The number of hydrogen-bond acceptors (Lipinski definition) is 4. The van der Waals surface area contributed by atoms with Gasteiger partial charge < -0.3 is 9.84 Å². The molecular formula is C28H27NO4. The number of carbonyl (C=O) groups is 2. The van der Waals surface area contributed by atoms with E-state index >= 15 is 0 Å². The van der Waals surface area contributed by atoms with Gasteiger partial charge in [0.05, 0.1) is 17.7 Å². The maximum Gasteiger partial charge on any atom is 0.300 e. The molecule has 1 aliphatic heterocycles. The number of hydrogen-bond donors (Lipinski definition) is 1. The number of rotatable bonds is 5. The predicted molar refractivity (Wildman–Crippen MR) is 129 cm³/mol. The molecule has 1 fully saturated rings. The monoisotopic (exact) mass is 441 g/mol. The summed E-state index contributed by atoms with van der Waals surface area (Å²) >= 11 is 0. The lowest BCUT2D eigenvalue weighted by Crippen LogP contribution is -2.29. The molecule has 3 aromatic carbocycles. The zero-order valence-corrected chi connectivity index (χ0v) is 19.2. The largest absolute Gasteiger partial charge is 0.507 e. The van der Waals surface area contributed by atoms with Crippen molar-refractivity contribution in [1.82, 2.24) is 0 Å². The van der Waals surface area contributed by atoms with Crippen molar-refractivity contribution >= 4 is 23.1 Å². The number of Topliss-reactive ketones (excluding diaryl/α,β-unsaturated/α-hetero) is 1. The second-order valence-corrected chi connectivity index (χ2v) is 8.57. The molecule has 1 heterocycles. The normalized spacial score (nSPS) is 17.6. The second kappa shape index (κ2) is 8.94. The first-order valence-electron chi connectivity index (χ1n) is 11.0. The Balaban J connectivity index is 1.89. The predicted octanol–water partition coefficient (Wildman–Crippen LogP) is 5.72. The topological polar surface area (TPSA) is 66.8 Å². The van der Waals surface area contributed by atoms with Crippen molar-refractivity contribution in [3.05, 3.63) is 101 Å². The van der Waals surface area contributed by atoms with Crippen molar-refractivity contribution in [1.29, 1.82) is 0 Å². The van der Waals surface area contributed by atoms with Gasteiger partial charge in [0.1, 0.15) is 11.5 Å². The van der Waals surface area contributed by atoms with Crippen molar-refractivity contribution in [2.24, 2.45) is 0 Å². The Morgan fingerprint density at radius 1 is 0.939 bits per heavy atom. The molecule has 5 heteroatoms. The Hall–Kier alpha value is -3.86. The molecule has 1 aliphatic rings. The highest BCUT2D eigenvalue weighted by molar-refractivity contribution is 6.51. The average Bonchev–Trinajstić information content (AvgIpc) is 3.05. The summed E-state index contributed by atoms with van der Waals surface area (Å²) in [5.74, 6) is -0.854. The molecule has 0 radical (unpaired) electrons. The third-order valence-electron chi connectivity index (χ3n) is 5.65. The van der Waals surface area contributed by atoms with Crippen molar-refractivity contribution in [3.8, 4) is 5.75 Å². The van der Waals surface area contributed by atoms with Crippen LogP contribution in [0, 0.1) is 13.8 Å². The molecule has 0 saturated carbocycles. The number of amides is 1. The van der Waals surface area contributed by atoms with E-state index in [-0.39, 0.29) is 17.4 Å². The van der Waals surface area contributed by atoms with E-state index in [1.54, 1.807) is 30.3 Å². The number of benzene rings is 3. The lowest BCUT2D eigenvalue weighted by atomic mass is 9.94. The number of carbonyl (C=O) groups excluding carboxylic acids is 2.